The minimum absolute atomic E-state index is 0.114. The van der Waals surface area contributed by atoms with E-state index in [4.69, 9.17) is 0 Å². The van der Waals surface area contributed by atoms with Crippen LogP contribution in [0, 0.1) is 5.92 Å². The first-order valence-corrected chi connectivity index (χ1v) is 5.94. The summed E-state index contributed by atoms with van der Waals surface area (Å²) in [6, 6.07) is 7.92. The molecule has 1 aromatic carbocycles. The van der Waals surface area contributed by atoms with Crippen molar-refractivity contribution in [1.82, 2.24) is 10.3 Å². The van der Waals surface area contributed by atoms with Gasteiger partial charge in [-0.2, -0.15) is 0 Å². The van der Waals surface area contributed by atoms with Crippen molar-refractivity contribution >= 4 is 16.6 Å². The lowest BCUT2D eigenvalue weighted by molar-refractivity contribution is 0.0932. The zero-order chi connectivity index (χ0) is 11.7. The van der Waals surface area contributed by atoms with Crippen molar-refractivity contribution in [1.29, 1.82) is 0 Å². The Kier molecular flexibility index (Phi) is 2.61. The Labute approximate surface area is 99.9 Å². The molecule has 17 heavy (non-hydrogen) atoms. The van der Waals surface area contributed by atoms with E-state index in [1.165, 1.54) is 0 Å². The van der Waals surface area contributed by atoms with Gasteiger partial charge in [0.25, 0.3) is 0 Å². The molecule has 1 aromatic heterocycles. The van der Waals surface area contributed by atoms with Gasteiger partial charge in [-0.3, -0.25) is 9.78 Å². The number of benzene rings is 1. The van der Waals surface area contributed by atoms with Gasteiger partial charge in [0.15, 0.2) is 5.78 Å². The number of rotatable bonds is 2. The number of carbonyl (C=O) groups excluding carboxylic acids is 1. The lowest BCUT2D eigenvalue weighted by Crippen LogP contribution is -2.18. The Hall–Kier alpha value is -1.74. The van der Waals surface area contributed by atoms with Gasteiger partial charge in [-0.05, 0) is 18.4 Å². The molecule has 0 amide bonds. The maximum absolute atomic E-state index is 12.4. The minimum Gasteiger partial charge on any atom is -0.316 e. The molecule has 1 fully saturated rings. The van der Waals surface area contributed by atoms with Crippen molar-refractivity contribution < 1.29 is 4.79 Å². The van der Waals surface area contributed by atoms with E-state index in [1.54, 1.807) is 12.4 Å². The van der Waals surface area contributed by atoms with E-state index in [2.05, 4.69) is 10.3 Å². The molecule has 2 aromatic rings. The van der Waals surface area contributed by atoms with Crippen LogP contribution in [0.2, 0.25) is 0 Å². The second-order valence-electron chi connectivity index (χ2n) is 4.46. The zero-order valence-corrected chi connectivity index (χ0v) is 9.52. The van der Waals surface area contributed by atoms with Gasteiger partial charge in [0.1, 0.15) is 0 Å². The lowest BCUT2D eigenvalue weighted by Gasteiger charge is -2.09. The zero-order valence-electron chi connectivity index (χ0n) is 9.52. The smallest absolute Gasteiger partial charge is 0.169 e. The van der Waals surface area contributed by atoms with Crippen LogP contribution in [0.15, 0.2) is 36.7 Å². The molecule has 1 aliphatic heterocycles. The highest BCUT2D eigenvalue weighted by Gasteiger charge is 2.24. The summed E-state index contributed by atoms with van der Waals surface area (Å²) in [4.78, 5) is 16.5. The Morgan fingerprint density at radius 2 is 2.18 bits per heavy atom. The molecular formula is C14H14N2O. The second kappa shape index (κ2) is 4.26. The molecule has 0 bridgehead atoms. The highest BCUT2D eigenvalue weighted by Crippen LogP contribution is 2.22. The molecule has 1 N–H and O–H groups in total. The van der Waals surface area contributed by atoms with Crippen LogP contribution < -0.4 is 5.32 Å². The fourth-order valence-electron chi connectivity index (χ4n) is 2.41. The maximum Gasteiger partial charge on any atom is 0.169 e. The van der Waals surface area contributed by atoms with Gasteiger partial charge in [-0.15, -0.1) is 0 Å². The first-order chi connectivity index (χ1) is 8.36. The van der Waals surface area contributed by atoms with Crippen molar-refractivity contribution in [2.24, 2.45) is 5.92 Å². The van der Waals surface area contributed by atoms with Gasteiger partial charge in [-0.1, -0.05) is 24.3 Å². The van der Waals surface area contributed by atoms with Gasteiger partial charge < -0.3 is 5.32 Å². The van der Waals surface area contributed by atoms with Crippen molar-refractivity contribution in [2.45, 2.75) is 6.42 Å². The minimum atomic E-state index is 0.114. The summed E-state index contributed by atoms with van der Waals surface area (Å²) in [5, 5.41) is 5.27. The van der Waals surface area contributed by atoms with E-state index in [9.17, 15) is 4.79 Å². The molecule has 1 saturated heterocycles. The van der Waals surface area contributed by atoms with Crippen LogP contribution in [-0.4, -0.2) is 23.9 Å². The van der Waals surface area contributed by atoms with Crippen LogP contribution in [-0.2, 0) is 0 Å². The molecule has 1 unspecified atom stereocenters. The van der Waals surface area contributed by atoms with E-state index >= 15 is 0 Å². The Bertz CT molecular complexity index is 554. The number of pyridine rings is 1. The molecule has 1 atom stereocenters. The van der Waals surface area contributed by atoms with E-state index < -0.39 is 0 Å². The largest absolute Gasteiger partial charge is 0.316 e. The summed E-state index contributed by atoms with van der Waals surface area (Å²) in [6.45, 7) is 1.73. The molecule has 3 rings (SSSR count). The number of carbonyl (C=O) groups is 1. The summed E-state index contributed by atoms with van der Waals surface area (Å²) in [6.07, 6.45) is 4.43. The summed E-state index contributed by atoms with van der Waals surface area (Å²) >= 11 is 0. The van der Waals surface area contributed by atoms with Crippen LogP contribution in [0.4, 0.5) is 0 Å². The first kappa shape index (κ1) is 10.4. The molecule has 0 radical (unpaired) electrons. The lowest BCUT2D eigenvalue weighted by atomic mass is 9.95. The third-order valence-corrected chi connectivity index (χ3v) is 3.36. The van der Waals surface area contributed by atoms with Crippen LogP contribution in [0.25, 0.3) is 10.8 Å². The Morgan fingerprint density at radius 1 is 1.29 bits per heavy atom. The molecule has 3 heteroatoms. The number of hydrogen-bond donors (Lipinski definition) is 1. The van der Waals surface area contributed by atoms with Gasteiger partial charge in [0.05, 0.1) is 0 Å². The van der Waals surface area contributed by atoms with Crippen LogP contribution in [0.5, 0.6) is 0 Å². The predicted molar refractivity (Wildman–Crippen MR) is 67.1 cm³/mol. The van der Waals surface area contributed by atoms with Crippen LogP contribution in [0.1, 0.15) is 16.8 Å². The average Bonchev–Trinajstić information content (AvgIpc) is 2.91. The van der Waals surface area contributed by atoms with Crippen molar-refractivity contribution in [3.63, 3.8) is 0 Å². The van der Waals surface area contributed by atoms with Crippen molar-refractivity contribution in [3.05, 3.63) is 42.2 Å². The molecule has 3 nitrogen and oxygen atoms in total. The van der Waals surface area contributed by atoms with Gasteiger partial charge in [0.2, 0.25) is 0 Å². The van der Waals surface area contributed by atoms with Crippen molar-refractivity contribution in [2.75, 3.05) is 13.1 Å². The maximum atomic E-state index is 12.4. The topological polar surface area (TPSA) is 42.0 Å². The molecular weight excluding hydrogens is 212 g/mol. The molecule has 86 valence electrons. The monoisotopic (exact) mass is 226 g/mol. The van der Waals surface area contributed by atoms with Gasteiger partial charge in [-0.25, -0.2) is 0 Å². The highest BCUT2D eigenvalue weighted by atomic mass is 16.1. The number of hydrogen-bond acceptors (Lipinski definition) is 3. The standard InChI is InChI=1S/C14H14N2O/c17-14(11-5-6-15-8-11)13-9-16-7-10-3-1-2-4-12(10)13/h1-4,7,9,11,15H,5-6,8H2. The number of nitrogens with one attached hydrogen (secondary N) is 1. The normalized spacial score (nSPS) is 19.6. The molecule has 0 saturated carbocycles. The SMILES string of the molecule is O=C(c1cncc2ccccc12)C1CCNC1. The van der Waals surface area contributed by atoms with Crippen LogP contribution >= 0.6 is 0 Å². The number of aromatic nitrogens is 1. The molecule has 0 aliphatic carbocycles. The molecule has 0 spiro atoms. The van der Waals surface area contributed by atoms with Crippen LogP contribution in [0.3, 0.4) is 0 Å². The second-order valence-corrected chi connectivity index (χ2v) is 4.46. The fraction of sp³-hybridized carbons (Fsp3) is 0.286. The predicted octanol–water partition coefficient (Wildman–Crippen LogP) is 2.03. The summed E-state index contributed by atoms with van der Waals surface area (Å²) in [7, 11) is 0. The number of ketones is 1. The Morgan fingerprint density at radius 3 is 3.00 bits per heavy atom. The number of nitrogens with zero attached hydrogens (tertiary/aromatic N) is 1. The summed E-state index contributed by atoms with van der Waals surface area (Å²) in [5.74, 6) is 0.335. The number of fused-ring (bicyclic) bond motifs is 1. The van der Waals surface area contributed by atoms with Crippen molar-refractivity contribution in [3.8, 4) is 0 Å². The molecule has 1 aliphatic rings. The van der Waals surface area contributed by atoms with E-state index in [1.807, 2.05) is 24.3 Å². The van der Waals surface area contributed by atoms with E-state index in [0.29, 0.717) is 0 Å². The van der Waals surface area contributed by atoms with E-state index in [0.717, 1.165) is 35.8 Å². The molecule has 2 heterocycles. The first-order valence-electron chi connectivity index (χ1n) is 5.94. The average molecular weight is 226 g/mol. The number of Topliss-reactive ketones (excluding diaryl/α,β-unsaturated/α-hetero) is 1. The fourth-order valence-corrected chi connectivity index (χ4v) is 2.41. The van der Waals surface area contributed by atoms with E-state index in [-0.39, 0.29) is 11.7 Å². The third-order valence-electron chi connectivity index (χ3n) is 3.36. The summed E-state index contributed by atoms with van der Waals surface area (Å²) < 4.78 is 0. The van der Waals surface area contributed by atoms with Gasteiger partial charge in [0, 0.05) is 35.8 Å². The quantitative estimate of drug-likeness (QED) is 0.797. The van der Waals surface area contributed by atoms with Gasteiger partial charge >= 0.3 is 0 Å². The highest BCUT2D eigenvalue weighted by molar-refractivity contribution is 6.08. The Balaban J connectivity index is 2.07. The summed E-state index contributed by atoms with van der Waals surface area (Å²) in [5.41, 5.74) is 0.761. The third kappa shape index (κ3) is 1.83.